The molecule has 0 unspecified atom stereocenters. The van der Waals surface area contributed by atoms with Gasteiger partial charge < -0.3 is 5.73 Å². The first-order valence-corrected chi connectivity index (χ1v) is 8.50. The minimum atomic E-state index is -3.70. The highest BCUT2D eigenvalue weighted by Crippen LogP contribution is 2.45. The third-order valence-electron chi connectivity index (χ3n) is 4.09. The fourth-order valence-electron chi connectivity index (χ4n) is 2.68. The number of halogens is 1. The van der Waals surface area contributed by atoms with E-state index in [4.69, 9.17) is 5.73 Å². The molecule has 0 aromatic heterocycles. The number of hydrogen-bond donors (Lipinski definition) is 2. The van der Waals surface area contributed by atoms with E-state index in [-0.39, 0.29) is 17.5 Å². The molecule has 0 spiro atoms. The van der Waals surface area contributed by atoms with Gasteiger partial charge in [-0.15, -0.1) is 0 Å². The summed E-state index contributed by atoms with van der Waals surface area (Å²) in [6.45, 7) is 0.0774. The predicted molar refractivity (Wildman–Crippen MR) is 73.8 cm³/mol. The fraction of sp³-hybridized carbons (Fsp3) is 0.571. The molecule has 2 saturated carbocycles. The number of nitrogens with two attached hydrogens (primary N) is 1. The monoisotopic (exact) mass is 298 g/mol. The molecule has 0 atom stereocenters. The van der Waals surface area contributed by atoms with E-state index in [1.807, 2.05) is 0 Å². The molecule has 3 N–H and O–H groups in total. The maximum atomic E-state index is 13.4. The molecule has 0 saturated heterocycles. The van der Waals surface area contributed by atoms with Crippen LogP contribution in [0.25, 0.3) is 0 Å². The quantitative estimate of drug-likeness (QED) is 0.840. The van der Waals surface area contributed by atoms with Crippen molar-refractivity contribution in [1.29, 1.82) is 0 Å². The highest BCUT2D eigenvalue weighted by molar-refractivity contribution is 7.89. The number of rotatable bonds is 6. The van der Waals surface area contributed by atoms with Crippen LogP contribution in [0.2, 0.25) is 0 Å². The molecule has 1 aromatic rings. The standard InChI is InChI=1S/C14H19FN2O2S/c15-12-6-5-11(8-16)13(7-12)20(18,19)17-14(9-1-2-9)10-3-4-10/h5-7,9-10,14,17H,1-4,8,16H2. The number of nitrogens with one attached hydrogen (secondary N) is 1. The summed E-state index contributed by atoms with van der Waals surface area (Å²) in [5.74, 6) is 0.344. The smallest absolute Gasteiger partial charge is 0.241 e. The fourth-order valence-corrected chi connectivity index (χ4v) is 4.31. The SMILES string of the molecule is NCc1ccc(F)cc1S(=O)(=O)NC(C1CC1)C1CC1. The topological polar surface area (TPSA) is 72.2 Å². The van der Waals surface area contributed by atoms with Crippen LogP contribution in [-0.4, -0.2) is 14.5 Å². The molecule has 6 heteroatoms. The second kappa shape index (κ2) is 5.09. The Morgan fingerprint density at radius 3 is 2.35 bits per heavy atom. The van der Waals surface area contributed by atoms with Gasteiger partial charge >= 0.3 is 0 Å². The highest BCUT2D eigenvalue weighted by atomic mass is 32.2. The third-order valence-corrected chi connectivity index (χ3v) is 5.63. The summed E-state index contributed by atoms with van der Waals surface area (Å²) in [6, 6.07) is 3.74. The zero-order chi connectivity index (χ0) is 14.3. The lowest BCUT2D eigenvalue weighted by molar-refractivity contribution is 0.470. The molecule has 110 valence electrons. The first-order valence-electron chi connectivity index (χ1n) is 7.02. The van der Waals surface area contributed by atoms with E-state index in [2.05, 4.69) is 4.72 Å². The van der Waals surface area contributed by atoms with Gasteiger partial charge in [-0.05, 0) is 55.2 Å². The Morgan fingerprint density at radius 2 is 1.85 bits per heavy atom. The average molecular weight is 298 g/mol. The lowest BCUT2D eigenvalue weighted by Crippen LogP contribution is -2.38. The van der Waals surface area contributed by atoms with Crippen LogP contribution in [0.3, 0.4) is 0 Å². The van der Waals surface area contributed by atoms with E-state index in [0.717, 1.165) is 31.7 Å². The lowest BCUT2D eigenvalue weighted by Gasteiger charge is -2.19. The summed E-state index contributed by atoms with van der Waals surface area (Å²) >= 11 is 0. The Morgan fingerprint density at radius 1 is 1.25 bits per heavy atom. The van der Waals surface area contributed by atoms with Gasteiger partial charge in [0.2, 0.25) is 10.0 Å². The van der Waals surface area contributed by atoms with E-state index in [0.29, 0.717) is 17.4 Å². The zero-order valence-corrected chi connectivity index (χ0v) is 12.0. The van der Waals surface area contributed by atoms with Crippen molar-refractivity contribution in [2.75, 3.05) is 0 Å². The first kappa shape index (κ1) is 14.0. The summed E-state index contributed by atoms with van der Waals surface area (Å²) in [4.78, 5) is -0.0219. The van der Waals surface area contributed by atoms with Crippen LogP contribution < -0.4 is 10.5 Å². The van der Waals surface area contributed by atoms with Gasteiger partial charge in [0.05, 0.1) is 4.90 Å². The van der Waals surface area contributed by atoms with Crippen molar-refractivity contribution in [2.24, 2.45) is 17.6 Å². The van der Waals surface area contributed by atoms with Gasteiger partial charge in [0.15, 0.2) is 0 Å². The molecule has 0 radical (unpaired) electrons. The maximum Gasteiger partial charge on any atom is 0.241 e. The van der Waals surface area contributed by atoms with Gasteiger partial charge in [-0.25, -0.2) is 17.5 Å². The van der Waals surface area contributed by atoms with Crippen LogP contribution in [0.15, 0.2) is 23.1 Å². The van der Waals surface area contributed by atoms with Crippen LogP contribution >= 0.6 is 0 Å². The van der Waals surface area contributed by atoms with Crippen LogP contribution in [0, 0.1) is 17.7 Å². The van der Waals surface area contributed by atoms with Gasteiger partial charge in [0.25, 0.3) is 0 Å². The highest BCUT2D eigenvalue weighted by Gasteiger charge is 2.43. The van der Waals surface area contributed by atoms with Crippen molar-refractivity contribution in [3.8, 4) is 0 Å². The predicted octanol–water partition coefficient (Wildman–Crippen LogP) is 1.75. The largest absolute Gasteiger partial charge is 0.326 e. The molecule has 2 fully saturated rings. The molecule has 20 heavy (non-hydrogen) atoms. The molecule has 2 aliphatic carbocycles. The number of hydrogen-bond acceptors (Lipinski definition) is 3. The summed E-state index contributed by atoms with van der Waals surface area (Å²) < 4.78 is 41.2. The number of benzene rings is 1. The maximum absolute atomic E-state index is 13.4. The second-order valence-corrected chi connectivity index (χ2v) is 7.46. The van der Waals surface area contributed by atoms with E-state index >= 15 is 0 Å². The summed E-state index contributed by atoms with van der Waals surface area (Å²) in [5.41, 5.74) is 6.01. The molecule has 0 heterocycles. The van der Waals surface area contributed by atoms with Crippen molar-refractivity contribution >= 4 is 10.0 Å². The van der Waals surface area contributed by atoms with Crippen molar-refractivity contribution < 1.29 is 12.8 Å². The number of sulfonamides is 1. The van der Waals surface area contributed by atoms with E-state index in [1.165, 1.54) is 12.1 Å². The summed E-state index contributed by atoms with van der Waals surface area (Å²) in [5, 5.41) is 0. The van der Waals surface area contributed by atoms with Gasteiger partial charge in [-0.3, -0.25) is 0 Å². The van der Waals surface area contributed by atoms with Crippen LogP contribution in [0.4, 0.5) is 4.39 Å². The van der Waals surface area contributed by atoms with Gasteiger partial charge in [-0.2, -0.15) is 0 Å². The van der Waals surface area contributed by atoms with Gasteiger partial charge in [-0.1, -0.05) is 6.07 Å². The molecule has 0 bridgehead atoms. The molecule has 4 nitrogen and oxygen atoms in total. The van der Waals surface area contributed by atoms with Crippen LogP contribution in [-0.2, 0) is 16.6 Å². The Kier molecular flexibility index (Phi) is 3.56. The molecular weight excluding hydrogens is 279 g/mol. The minimum Gasteiger partial charge on any atom is -0.326 e. The first-order chi connectivity index (χ1) is 9.51. The molecule has 2 aliphatic rings. The zero-order valence-electron chi connectivity index (χ0n) is 11.2. The van der Waals surface area contributed by atoms with Crippen molar-refractivity contribution in [3.63, 3.8) is 0 Å². The van der Waals surface area contributed by atoms with Crippen molar-refractivity contribution in [3.05, 3.63) is 29.6 Å². The lowest BCUT2D eigenvalue weighted by atomic mass is 10.1. The van der Waals surface area contributed by atoms with Gasteiger partial charge in [0, 0.05) is 12.6 Å². The Bertz CT molecular complexity index is 598. The second-order valence-electron chi connectivity index (χ2n) is 5.78. The van der Waals surface area contributed by atoms with Crippen LogP contribution in [0.5, 0.6) is 0 Å². The van der Waals surface area contributed by atoms with E-state index < -0.39 is 15.8 Å². The third kappa shape index (κ3) is 2.87. The Labute approximate surface area is 118 Å². The molecule has 0 amide bonds. The molecule has 0 aliphatic heterocycles. The molecule has 1 aromatic carbocycles. The normalized spacial score (nSPS) is 19.6. The van der Waals surface area contributed by atoms with E-state index in [1.54, 1.807) is 0 Å². The van der Waals surface area contributed by atoms with Crippen molar-refractivity contribution in [1.82, 2.24) is 4.72 Å². The summed E-state index contributed by atoms with van der Waals surface area (Å²) in [7, 11) is -3.70. The Balaban J connectivity index is 1.88. The molecule has 3 rings (SSSR count). The minimum absolute atomic E-state index is 0.00823. The van der Waals surface area contributed by atoms with Gasteiger partial charge in [0.1, 0.15) is 5.82 Å². The average Bonchev–Trinajstić information content (AvgIpc) is 3.29. The summed E-state index contributed by atoms with van der Waals surface area (Å²) in [6.07, 6.45) is 4.32. The van der Waals surface area contributed by atoms with E-state index in [9.17, 15) is 12.8 Å². The van der Waals surface area contributed by atoms with Crippen LogP contribution in [0.1, 0.15) is 31.2 Å². The van der Waals surface area contributed by atoms with Crippen molar-refractivity contribution in [2.45, 2.75) is 43.2 Å². The Hall–Kier alpha value is -0.980. The molecular formula is C14H19FN2O2S.